The predicted molar refractivity (Wildman–Crippen MR) is 222 cm³/mol. The topological polar surface area (TPSA) is 94.1 Å². The lowest BCUT2D eigenvalue weighted by atomic mass is 10.0. The van der Waals surface area contributed by atoms with Gasteiger partial charge in [0.15, 0.2) is 0 Å². The van der Waals surface area contributed by atoms with Crippen LogP contribution in [0.3, 0.4) is 0 Å². The van der Waals surface area contributed by atoms with E-state index in [1.54, 1.807) is 0 Å². The van der Waals surface area contributed by atoms with Crippen molar-refractivity contribution < 1.29 is 37.3 Å². The van der Waals surface area contributed by atoms with Gasteiger partial charge >= 0.3 is 5.97 Å². The third kappa shape index (κ3) is 41.7. The van der Waals surface area contributed by atoms with Gasteiger partial charge in [0.25, 0.3) is 7.82 Å². The zero-order valence-electron chi connectivity index (χ0n) is 35.2. The second-order valence-electron chi connectivity index (χ2n) is 15.7. The summed E-state index contributed by atoms with van der Waals surface area (Å²) in [5.41, 5.74) is 0. The number of rotatable bonds is 40. The second kappa shape index (κ2) is 37.6. The highest BCUT2D eigenvalue weighted by Gasteiger charge is 2.20. The Morgan fingerprint density at radius 3 is 1.55 bits per heavy atom. The molecule has 0 spiro atoms. The molecule has 0 N–H and O–H groups in total. The fourth-order valence-electron chi connectivity index (χ4n) is 5.79. The minimum atomic E-state index is -4.53. The van der Waals surface area contributed by atoms with Gasteiger partial charge in [-0.05, 0) is 51.4 Å². The Balaban J connectivity index is 4.29. The van der Waals surface area contributed by atoms with Crippen molar-refractivity contribution >= 4 is 13.8 Å². The standard InChI is InChI=1S/C44H84NO7P/c1-6-8-10-12-14-16-18-20-22-24-26-28-30-32-34-36-39-49-41-43(42-51-53(47,48)50-40-38-45(3,4)5)52-44(46)37-35-33-31-29-27-25-23-21-19-17-15-13-11-9-7-2/h15,17,21,23,27,29,43H,6-14,16,18-20,22,24-26,28,30-42H2,1-5H3/b17-15-,23-21-,29-27-/t43-/m1/s1. The Hall–Kier alpha value is -1.28. The van der Waals surface area contributed by atoms with E-state index in [1.165, 1.54) is 116 Å². The van der Waals surface area contributed by atoms with Crippen LogP contribution in [0.2, 0.25) is 0 Å². The number of phosphoric acid groups is 1. The summed E-state index contributed by atoms with van der Waals surface area (Å²) in [5.74, 6) is -0.369. The molecule has 0 aromatic carbocycles. The largest absolute Gasteiger partial charge is 0.756 e. The Morgan fingerprint density at radius 2 is 1.04 bits per heavy atom. The molecule has 0 aromatic rings. The number of ether oxygens (including phenoxy) is 2. The van der Waals surface area contributed by atoms with Gasteiger partial charge in [0, 0.05) is 13.0 Å². The Bertz CT molecular complexity index is 947. The number of esters is 1. The molecule has 0 radical (unpaired) electrons. The molecule has 0 saturated heterocycles. The molecule has 0 saturated carbocycles. The molecule has 0 aromatic heterocycles. The number of nitrogens with zero attached hydrogens (tertiary/aromatic N) is 1. The molecule has 1 unspecified atom stereocenters. The third-order valence-electron chi connectivity index (χ3n) is 9.19. The lowest BCUT2D eigenvalue weighted by molar-refractivity contribution is -0.870. The van der Waals surface area contributed by atoms with Crippen molar-refractivity contribution in [1.29, 1.82) is 0 Å². The summed E-state index contributed by atoms with van der Waals surface area (Å²) in [6.45, 7) is 5.35. The molecule has 0 amide bonds. The number of quaternary nitrogens is 1. The highest BCUT2D eigenvalue weighted by molar-refractivity contribution is 7.45. The minimum Gasteiger partial charge on any atom is -0.756 e. The third-order valence-corrected chi connectivity index (χ3v) is 10.2. The van der Waals surface area contributed by atoms with E-state index in [0.29, 0.717) is 24.1 Å². The maximum absolute atomic E-state index is 12.6. The summed E-state index contributed by atoms with van der Waals surface area (Å²) in [7, 11) is 1.33. The molecule has 312 valence electrons. The highest BCUT2D eigenvalue weighted by Crippen LogP contribution is 2.38. The van der Waals surface area contributed by atoms with Gasteiger partial charge in [-0.1, -0.05) is 159 Å². The molecule has 0 aliphatic rings. The normalized spacial score (nSPS) is 14.2. The molecule has 0 bridgehead atoms. The van der Waals surface area contributed by atoms with Gasteiger partial charge in [0.05, 0.1) is 34.4 Å². The number of hydrogen-bond acceptors (Lipinski definition) is 7. The van der Waals surface area contributed by atoms with E-state index in [-0.39, 0.29) is 32.2 Å². The smallest absolute Gasteiger partial charge is 0.306 e. The Morgan fingerprint density at radius 1 is 0.585 bits per heavy atom. The van der Waals surface area contributed by atoms with Gasteiger partial charge in [-0.25, -0.2) is 0 Å². The van der Waals surface area contributed by atoms with E-state index >= 15 is 0 Å². The molecule has 2 atom stereocenters. The first-order valence-corrected chi connectivity index (χ1v) is 23.2. The quantitative estimate of drug-likeness (QED) is 0.0201. The Kier molecular flexibility index (Phi) is 36.7. The van der Waals surface area contributed by atoms with Crippen molar-refractivity contribution in [3.8, 4) is 0 Å². The van der Waals surface area contributed by atoms with Crippen molar-refractivity contribution in [2.24, 2.45) is 0 Å². The second-order valence-corrected chi connectivity index (χ2v) is 17.1. The van der Waals surface area contributed by atoms with E-state index < -0.39 is 13.9 Å². The van der Waals surface area contributed by atoms with Gasteiger partial charge in [0.2, 0.25) is 0 Å². The molecular formula is C44H84NO7P. The number of carbonyl (C=O) groups is 1. The van der Waals surface area contributed by atoms with Crippen LogP contribution in [-0.4, -0.2) is 70.7 Å². The molecule has 8 nitrogen and oxygen atoms in total. The van der Waals surface area contributed by atoms with Gasteiger partial charge < -0.3 is 27.9 Å². The van der Waals surface area contributed by atoms with Crippen LogP contribution < -0.4 is 4.89 Å². The molecule has 0 rings (SSSR count). The zero-order chi connectivity index (χ0) is 39.1. The number of allylic oxidation sites excluding steroid dienone is 6. The molecule has 0 aliphatic carbocycles. The van der Waals surface area contributed by atoms with Crippen molar-refractivity contribution in [3.63, 3.8) is 0 Å². The van der Waals surface area contributed by atoms with Crippen molar-refractivity contribution in [1.82, 2.24) is 0 Å². The summed E-state index contributed by atoms with van der Waals surface area (Å²) in [5, 5.41) is 0. The van der Waals surface area contributed by atoms with Crippen LogP contribution in [0, 0.1) is 0 Å². The number of likely N-dealkylation sites (N-methyl/N-ethyl adjacent to an activating group) is 1. The molecule has 0 heterocycles. The predicted octanol–water partition coefficient (Wildman–Crippen LogP) is 12.0. The van der Waals surface area contributed by atoms with Crippen molar-refractivity contribution in [2.75, 3.05) is 54.1 Å². The highest BCUT2D eigenvalue weighted by atomic mass is 31.2. The first kappa shape index (κ1) is 51.7. The van der Waals surface area contributed by atoms with Crippen LogP contribution in [0.5, 0.6) is 0 Å². The fraction of sp³-hybridized carbons (Fsp3) is 0.841. The Labute approximate surface area is 327 Å². The van der Waals surface area contributed by atoms with Gasteiger partial charge in [-0.2, -0.15) is 0 Å². The monoisotopic (exact) mass is 770 g/mol. The van der Waals surface area contributed by atoms with Crippen LogP contribution in [0.15, 0.2) is 36.5 Å². The molecule has 53 heavy (non-hydrogen) atoms. The molecular weight excluding hydrogens is 685 g/mol. The molecule has 9 heteroatoms. The maximum Gasteiger partial charge on any atom is 0.306 e. The summed E-state index contributed by atoms with van der Waals surface area (Å²) < 4.78 is 34.5. The number of hydrogen-bond donors (Lipinski definition) is 0. The number of carbonyl (C=O) groups excluding carboxylic acids is 1. The lowest BCUT2D eigenvalue weighted by Crippen LogP contribution is -2.37. The molecule has 0 fully saturated rings. The summed E-state index contributed by atoms with van der Waals surface area (Å²) in [6, 6.07) is 0. The van der Waals surface area contributed by atoms with E-state index in [2.05, 4.69) is 50.3 Å². The average molecular weight is 770 g/mol. The van der Waals surface area contributed by atoms with E-state index in [0.717, 1.165) is 38.5 Å². The minimum absolute atomic E-state index is 0.0196. The summed E-state index contributed by atoms with van der Waals surface area (Å²) in [6.07, 6.45) is 43.0. The van der Waals surface area contributed by atoms with Crippen molar-refractivity contribution in [3.05, 3.63) is 36.5 Å². The van der Waals surface area contributed by atoms with Crippen LogP contribution in [0.4, 0.5) is 0 Å². The van der Waals surface area contributed by atoms with Gasteiger partial charge in [-0.15, -0.1) is 0 Å². The van der Waals surface area contributed by atoms with E-state index in [4.69, 9.17) is 18.5 Å². The molecule has 0 aliphatic heterocycles. The summed E-state index contributed by atoms with van der Waals surface area (Å²) in [4.78, 5) is 25.0. The van der Waals surface area contributed by atoms with Gasteiger partial charge in [0.1, 0.15) is 19.3 Å². The SMILES string of the molecule is CCCCC/C=C\C/C=C\C/C=C\CCCCC(=O)O[C@H](COCCCCCCCCCCCCCCCCCC)COP(=O)([O-])OCC[N+](C)(C)C. The van der Waals surface area contributed by atoms with Crippen LogP contribution >= 0.6 is 7.82 Å². The van der Waals surface area contributed by atoms with Crippen LogP contribution in [0.1, 0.15) is 181 Å². The first-order chi connectivity index (χ1) is 25.6. The van der Waals surface area contributed by atoms with E-state index in [1.807, 2.05) is 21.1 Å². The lowest BCUT2D eigenvalue weighted by Gasteiger charge is -2.28. The van der Waals surface area contributed by atoms with Crippen LogP contribution in [0.25, 0.3) is 0 Å². The van der Waals surface area contributed by atoms with E-state index in [9.17, 15) is 14.3 Å². The maximum atomic E-state index is 12.6. The number of unbranched alkanes of at least 4 members (excludes halogenated alkanes) is 20. The van der Waals surface area contributed by atoms with Crippen molar-refractivity contribution in [2.45, 2.75) is 187 Å². The summed E-state index contributed by atoms with van der Waals surface area (Å²) >= 11 is 0. The van der Waals surface area contributed by atoms with Crippen LogP contribution in [-0.2, 0) is 27.9 Å². The van der Waals surface area contributed by atoms with Gasteiger partial charge in [-0.3, -0.25) is 9.36 Å². The number of phosphoric ester groups is 1. The first-order valence-electron chi connectivity index (χ1n) is 21.7. The zero-order valence-corrected chi connectivity index (χ0v) is 36.1. The fourth-order valence-corrected chi connectivity index (χ4v) is 6.52. The average Bonchev–Trinajstić information content (AvgIpc) is 3.11.